The van der Waals surface area contributed by atoms with Crippen LogP contribution in [-0.2, 0) is 24.3 Å². The molecule has 0 aromatic heterocycles. The van der Waals surface area contributed by atoms with Crippen molar-refractivity contribution in [2.45, 2.75) is 46.2 Å². The summed E-state index contributed by atoms with van der Waals surface area (Å²) in [6.07, 6.45) is 2.12. The first kappa shape index (κ1) is 22.7. The third-order valence-corrected chi connectivity index (χ3v) is 5.48. The molecular weight excluding hydrogens is 388 g/mol. The van der Waals surface area contributed by atoms with Gasteiger partial charge >= 0.3 is 0 Å². The maximum absolute atomic E-state index is 12.5. The normalized spacial score (nSPS) is 13.1. The molecule has 0 unspecified atom stereocenters. The number of nitrogens with one attached hydrogen (secondary N) is 2. The largest absolute Gasteiger partial charge is 0.496 e. The van der Waals surface area contributed by atoms with E-state index in [0.717, 1.165) is 50.7 Å². The Kier molecular flexibility index (Phi) is 8.33. The van der Waals surface area contributed by atoms with Crippen molar-refractivity contribution in [3.63, 3.8) is 0 Å². The molecule has 166 valence electrons. The summed E-state index contributed by atoms with van der Waals surface area (Å²) in [6.45, 7) is 7.77. The Bertz CT molecular complexity index is 885. The quantitative estimate of drug-likeness (QED) is 0.369. The number of hydrogen-bond donors (Lipinski definition) is 2. The highest BCUT2D eigenvalue weighted by Gasteiger charge is 2.22. The summed E-state index contributed by atoms with van der Waals surface area (Å²) >= 11 is 0. The SMILES string of the molecule is CCNC(=NCCCC(=O)N1Cc2ccccc2C1)NCCc1cc(C)ccc1OC. The molecule has 6 nitrogen and oxygen atoms in total. The molecule has 31 heavy (non-hydrogen) atoms. The summed E-state index contributed by atoms with van der Waals surface area (Å²) in [4.78, 5) is 19.1. The van der Waals surface area contributed by atoms with Crippen molar-refractivity contribution >= 4 is 11.9 Å². The summed E-state index contributed by atoms with van der Waals surface area (Å²) in [5.74, 6) is 1.91. The van der Waals surface area contributed by atoms with Crippen LogP contribution in [0.3, 0.4) is 0 Å². The van der Waals surface area contributed by atoms with Crippen LogP contribution in [-0.4, -0.2) is 43.5 Å². The fourth-order valence-electron chi connectivity index (χ4n) is 3.85. The zero-order chi connectivity index (χ0) is 22.1. The molecular formula is C25H34N4O2. The number of carbonyl (C=O) groups is 1. The van der Waals surface area contributed by atoms with E-state index in [1.807, 2.05) is 23.1 Å². The molecule has 0 saturated carbocycles. The third-order valence-electron chi connectivity index (χ3n) is 5.48. The van der Waals surface area contributed by atoms with Gasteiger partial charge in [0.25, 0.3) is 0 Å². The van der Waals surface area contributed by atoms with Crippen LogP contribution in [0.2, 0.25) is 0 Å². The second kappa shape index (κ2) is 11.4. The molecule has 0 bridgehead atoms. The molecule has 0 fully saturated rings. The first-order chi connectivity index (χ1) is 15.1. The number of guanidine groups is 1. The Morgan fingerprint density at radius 2 is 1.87 bits per heavy atom. The maximum atomic E-state index is 12.5. The molecule has 3 rings (SSSR count). The standard InChI is InChI=1S/C25H34N4O2/c1-4-26-25(28-15-13-20-16-19(2)11-12-23(20)31-3)27-14-7-10-24(30)29-17-21-8-5-6-9-22(21)18-29/h5-6,8-9,11-12,16H,4,7,10,13-15,17-18H2,1-3H3,(H2,26,27,28). The minimum Gasteiger partial charge on any atom is -0.496 e. The van der Waals surface area contributed by atoms with Crippen LogP contribution in [0.5, 0.6) is 5.75 Å². The van der Waals surface area contributed by atoms with Crippen molar-refractivity contribution in [3.05, 3.63) is 64.7 Å². The van der Waals surface area contributed by atoms with E-state index in [2.05, 4.69) is 53.7 Å². The molecule has 2 aromatic rings. The highest BCUT2D eigenvalue weighted by molar-refractivity contribution is 5.80. The molecule has 1 heterocycles. The van der Waals surface area contributed by atoms with E-state index >= 15 is 0 Å². The van der Waals surface area contributed by atoms with E-state index in [0.29, 0.717) is 13.0 Å². The predicted molar refractivity (Wildman–Crippen MR) is 125 cm³/mol. The molecule has 0 saturated heterocycles. The van der Waals surface area contributed by atoms with E-state index in [4.69, 9.17) is 4.74 Å². The van der Waals surface area contributed by atoms with Crippen molar-refractivity contribution < 1.29 is 9.53 Å². The number of benzene rings is 2. The van der Waals surface area contributed by atoms with E-state index < -0.39 is 0 Å². The fourth-order valence-corrected chi connectivity index (χ4v) is 3.85. The first-order valence-electron chi connectivity index (χ1n) is 11.1. The molecule has 1 aliphatic rings. The lowest BCUT2D eigenvalue weighted by atomic mass is 10.1. The van der Waals surface area contributed by atoms with Gasteiger partial charge in [0.1, 0.15) is 5.75 Å². The van der Waals surface area contributed by atoms with Crippen molar-refractivity contribution in [1.29, 1.82) is 0 Å². The van der Waals surface area contributed by atoms with Gasteiger partial charge in [-0.15, -0.1) is 0 Å². The van der Waals surface area contributed by atoms with Gasteiger partial charge in [-0.2, -0.15) is 0 Å². The third kappa shape index (κ3) is 6.48. The second-order valence-corrected chi connectivity index (χ2v) is 7.87. The number of nitrogens with zero attached hydrogens (tertiary/aromatic N) is 2. The summed E-state index contributed by atoms with van der Waals surface area (Å²) in [6, 6.07) is 14.5. The minimum absolute atomic E-state index is 0.205. The number of amides is 1. The van der Waals surface area contributed by atoms with Gasteiger partial charge in [0.15, 0.2) is 5.96 Å². The van der Waals surface area contributed by atoms with Crippen molar-refractivity contribution in [2.75, 3.05) is 26.7 Å². The summed E-state index contributed by atoms with van der Waals surface area (Å²) in [5, 5.41) is 6.66. The molecule has 0 aliphatic carbocycles. The van der Waals surface area contributed by atoms with Crippen molar-refractivity contribution in [1.82, 2.24) is 15.5 Å². The van der Waals surface area contributed by atoms with Gasteiger partial charge in [0, 0.05) is 39.1 Å². The van der Waals surface area contributed by atoms with E-state index in [9.17, 15) is 4.79 Å². The van der Waals surface area contributed by atoms with Crippen LogP contribution < -0.4 is 15.4 Å². The Morgan fingerprint density at radius 3 is 2.55 bits per heavy atom. The highest BCUT2D eigenvalue weighted by atomic mass is 16.5. The Balaban J connectivity index is 1.42. The van der Waals surface area contributed by atoms with Gasteiger partial charge in [-0.3, -0.25) is 9.79 Å². The zero-order valence-corrected chi connectivity index (χ0v) is 18.9. The van der Waals surface area contributed by atoms with Crippen LogP contribution in [0.25, 0.3) is 0 Å². The Labute approximate surface area is 185 Å². The van der Waals surface area contributed by atoms with Gasteiger partial charge in [0.05, 0.1) is 7.11 Å². The molecule has 1 amide bonds. The van der Waals surface area contributed by atoms with Crippen molar-refractivity contribution in [3.8, 4) is 5.75 Å². The molecule has 6 heteroatoms. The average Bonchev–Trinajstić information content (AvgIpc) is 3.21. The lowest BCUT2D eigenvalue weighted by Crippen LogP contribution is -2.38. The Hall–Kier alpha value is -3.02. The zero-order valence-electron chi connectivity index (χ0n) is 18.9. The second-order valence-electron chi connectivity index (χ2n) is 7.87. The van der Waals surface area contributed by atoms with Crippen molar-refractivity contribution in [2.24, 2.45) is 4.99 Å². The predicted octanol–water partition coefficient (Wildman–Crippen LogP) is 3.42. The maximum Gasteiger partial charge on any atom is 0.223 e. The van der Waals surface area contributed by atoms with Gasteiger partial charge < -0.3 is 20.3 Å². The van der Waals surface area contributed by atoms with E-state index in [1.165, 1.54) is 22.3 Å². The van der Waals surface area contributed by atoms with Gasteiger partial charge in [0.2, 0.25) is 5.91 Å². The number of hydrogen-bond acceptors (Lipinski definition) is 3. The molecule has 0 radical (unpaired) electrons. The average molecular weight is 423 g/mol. The van der Waals surface area contributed by atoms with Crippen LogP contribution in [0.4, 0.5) is 0 Å². The smallest absolute Gasteiger partial charge is 0.223 e. The summed E-state index contributed by atoms with van der Waals surface area (Å²) < 4.78 is 5.46. The topological polar surface area (TPSA) is 66.0 Å². The number of aryl methyl sites for hydroxylation is 1. The van der Waals surface area contributed by atoms with Crippen LogP contribution >= 0.6 is 0 Å². The number of methoxy groups -OCH3 is 1. The van der Waals surface area contributed by atoms with E-state index in [-0.39, 0.29) is 5.91 Å². The first-order valence-corrected chi connectivity index (χ1v) is 11.1. The molecule has 0 spiro atoms. The summed E-state index contributed by atoms with van der Waals surface area (Å²) in [7, 11) is 1.70. The summed E-state index contributed by atoms with van der Waals surface area (Å²) in [5.41, 5.74) is 4.93. The number of aliphatic imine (C=N–C) groups is 1. The number of rotatable bonds is 9. The van der Waals surface area contributed by atoms with Crippen LogP contribution in [0.15, 0.2) is 47.5 Å². The molecule has 1 aliphatic heterocycles. The van der Waals surface area contributed by atoms with E-state index in [1.54, 1.807) is 7.11 Å². The highest BCUT2D eigenvalue weighted by Crippen LogP contribution is 2.23. The molecule has 2 N–H and O–H groups in total. The molecule has 0 atom stereocenters. The Morgan fingerprint density at radius 1 is 1.13 bits per heavy atom. The lowest BCUT2D eigenvalue weighted by Gasteiger charge is -2.15. The number of carbonyl (C=O) groups excluding carboxylic acids is 1. The fraction of sp³-hybridized carbons (Fsp3) is 0.440. The van der Waals surface area contributed by atoms with Gasteiger partial charge in [-0.1, -0.05) is 42.0 Å². The van der Waals surface area contributed by atoms with Crippen LogP contribution in [0.1, 0.15) is 42.0 Å². The van der Waals surface area contributed by atoms with Crippen LogP contribution in [0, 0.1) is 6.92 Å². The number of fused-ring (bicyclic) bond motifs is 1. The number of ether oxygens (including phenoxy) is 1. The minimum atomic E-state index is 0.205. The molecule has 2 aromatic carbocycles. The van der Waals surface area contributed by atoms with Gasteiger partial charge in [-0.05, 0) is 49.4 Å². The van der Waals surface area contributed by atoms with Gasteiger partial charge in [-0.25, -0.2) is 0 Å². The monoisotopic (exact) mass is 422 g/mol. The lowest BCUT2D eigenvalue weighted by molar-refractivity contribution is -0.131.